The van der Waals surface area contributed by atoms with Crippen LogP contribution in [0, 0.1) is 6.92 Å². The largest absolute Gasteiger partial charge is 0.493 e. The van der Waals surface area contributed by atoms with Crippen molar-refractivity contribution in [1.82, 2.24) is 4.98 Å². The summed E-state index contributed by atoms with van der Waals surface area (Å²) >= 11 is 1.59. The molecule has 0 spiro atoms. The van der Waals surface area contributed by atoms with Crippen molar-refractivity contribution in [2.24, 2.45) is 0 Å². The number of carbonyl (C=O) groups excluding carboxylic acids is 2. The van der Waals surface area contributed by atoms with Gasteiger partial charge in [-0.2, -0.15) is 0 Å². The lowest BCUT2D eigenvalue weighted by Gasteiger charge is -2.12. The number of hydrogen-bond acceptors (Lipinski definition) is 7. The van der Waals surface area contributed by atoms with E-state index < -0.39 is 12.1 Å². The Labute approximate surface area is 177 Å². The van der Waals surface area contributed by atoms with Crippen LogP contribution in [0.5, 0.6) is 11.5 Å². The highest BCUT2D eigenvalue weighted by Gasteiger charge is 2.36. The molecule has 0 fully saturated rings. The molecule has 30 heavy (non-hydrogen) atoms. The zero-order chi connectivity index (χ0) is 21.3. The highest BCUT2D eigenvalue weighted by Crippen LogP contribution is 2.43. The number of thiazole rings is 1. The van der Waals surface area contributed by atoms with Crippen LogP contribution in [0.2, 0.25) is 0 Å². The van der Waals surface area contributed by atoms with Crippen molar-refractivity contribution in [3.05, 3.63) is 57.9 Å². The molecule has 0 aliphatic carbocycles. The van der Waals surface area contributed by atoms with Crippen LogP contribution in [0.4, 0.5) is 5.69 Å². The van der Waals surface area contributed by atoms with Gasteiger partial charge >= 0.3 is 5.97 Å². The molecule has 1 amide bonds. The molecule has 154 valence electrons. The molecule has 1 aliphatic heterocycles. The second kappa shape index (κ2) is 8.16. The minimum atomic E-state index is -0.676. The van der Waals surface area contributed by atoms with E-state index in [0.29, 0.717) is 28.3 Å². The number of amides is 1. The van der Waals surface area contributed by atoms with Gasteiger partial charge in [-0.1, -0.05) is 18.2 Å². The summed E-state index contributed by atoms with van der Waals surface area (Å²) in [6, 6.07) is 10.9. The molecule has 0 saturated carbocycles. The first-order valence-corrected chi connectivity index (χ1v) is 10.2. The van der Waals surface area contributed by atoms with Crippen molar-refractivity contribution in [3.8, 4) is 22.8 Å². The van der Waals surface area contributed by atoms with Crippen LogP contribution in [-0.4, -0.2) is 31.1 Å². The molecule has 4 rings (SSSR count). The van der Waals surface area contributed by atoms with Gasteiger partial charge in [0.05, 0.1) is 31.3 Å². The molecule has 0 bridgehead atoms. The van der Waals surface area contributed by atoms with Crippen LogP contribution in [0.15, 0.2) is 41.8 Å². The van der Waals surface area contributed by atoms with Crippen molar-refractivity contribution >= 4 is 28.9 Å². The Hall–Kier alpha value is -3.39. The van der Waals surface area contributed by atoms with Gasteiger partial charge < -0.3 is 19.5 Å². The van der Waals surface area contributed by atoms with Crippen LogP contribution < -0.4 is 14.8 Å². The minimum absolute atomic E-state index is 0.00125. The van der Waals surface area contributed by atoms with Gasteiger partial charge in [0, 0.05) is 22.2 Å². The number of aryl methyl sites for hydroxylation is 1. The molecule has 2 heterocycles. The van der Waals surface area contributed by atoms with E-state index >= 15 is 0 Å². The van der Waals surface area contributed by atoms with E-state index in [-0.39, 0.29) is 12.3 Å². The molecule has 3 aromatic rings. The molecule has 1 aromatic heterocycles. The van der Waals surface area contributed by atoms with E-state index in [1.54, 1.807) is 23.5 Å². The lowest BCUT2D eigenvalue weighted by Crippen LogP contribution is -2.15. The quantitative estimate of drug-likeness (QED) is 0.591. The summed E-state index contributed by atoms with van der Waals surface area (Å²) in [5, 5.41) is 5.85. The summed E-state index contributed by atoms with van der Waals surface area (Å²) in [6.45, 7) is 1.96. The van der Waals surface area contributed by atoms with E-state index in [1.807, 2.05) is 36.6 Å². The molecule has 0 unspecified atom stereocenters. The van der Waals surface area contributed by atoms with E-state index in [2.05, 4.69) is 10.3 Å². The molecular formula is C22H20N2O5S. The summed E-state index contributed by atoms with van der Waals surface area (Å²) < 4.78 is 16.0. The molecule has 7 nitrogen and oxygen atoms in total. The molecule has 1 N–H and O–H groups in total. The lowest BCUT2D eigenvalue weighted by molar-refractivity contribution is -0.118. The third-order valence-electron chi connectivity index (χ3n) is 4.83. The Morgan fingerprint density at radius 2 is 1.93 bits per heavy atom. The fourth-order valence-corrected chi connectivity index (χ4v) is 4.05. The first-order valence-electron chi connectivity index (χ1n) is 9.28. The summed E-state index contributed by atoms with van der Waals surface area (Å²) in [5.41, 5.74) is 3.47. The summed E-state index contributed by atoms with van der Waals surface area (Å²) in [4.78, 5) is 29.4. The van der Waals surface area contributed by atoms with E-state index in [1.165, 1.54) is 14.2 Å². The average molecular weight is 424 g/mol. The third kappa shape index (κ3) is 3.73. The fraction of sp³-hybridized carbons (Fsp3) is 0.227. The number of fused-ring (bicyclic) bond motifs is 1. The number of nitrogens with zero attached hydrogens (tertiary/aromatic N) is 1. The second-order valence-electron chi connectivity index (χ2n) is 6.74. The van der Waals surface area contributed by atoms with Crippen molar-refractivity contribution in [2.75, 3.05) is 19.5 Å². The number of rotatable bonds is 6. The van der Waals surface area contributed by atoms with Gasteiger partial charge in [0.25, 0.3) is 0 Å². The summed E-state index contributed by atoms with van der Waals surface area (Å²) in [5.74, 6) is -0.0291. The zero-order valence-electron chi connectivity index (χ0n) is 16.7. The molecule has 2 aromatic carbocycles. The van der Waals surface area contributed by atoms with Crippen molar-refractivity contribution in [2.45, 2.75) is 19.4 Å². The Balaban J connectivity index is 1.46. The maximum atomic E-state index is 12.6. The Morgan fingerprint density at radius 3 is 2.57 bits per heavy atom. The first kappa shape index (κ1) is 19.9. The molecule has 0 radical (unpaired) electrons. The normalized spacial score (nSPS) is 14.8. The molecule has 1 aliphatic rings. The predicted octanol–water partition coefficient (Wildman–Crippen LogP) is 4.38. The number of aromatic nitrogens is 1. The van der Waals surface area contributed by atoms with E-state index in [0.717, 1.165) is 16.3 Å². The number of nitrogens with one attached hydrogen (secondary N) is 1. The number of anilines is 1. The van der Waals surface area contributed by atoms with Crippen LogP contribution in [-0.2, 0) is 9.53 Å². The number of cyclic esters (lactones) is 1. The van der Waals surface area contributed by atoms with Gasteiger partial charge in [0.15, 0.2) is 11.5 Å². The summed E-state index contributed by atoms with van der Waals surface area (Å²) in [7, 11) is 2.96. The Kier molecular flexibility index (Phi) is 5.41. The Bertz CT molecular complexity index is 1110. The number of ether oxygens (including phenoxy) is 3. The minimum Gasteiger partial charge on any atom is -0.493 e. The topological polar surface area (TPSA) is 86.8 Å². The summed E-state index contributed by atoms with van der Waals surface area (Å²) in [6.07, 6.45) is -0.675. The van der Waals surface area contributed by atoms with E-state index in [4.69, 9.17) is 14.2 Å². The standard InChI is InChI=1S/C22H20N2O5S/c1-12-23-16(11-30-12)13-4-6-14(7-5-13)24-19(25)10-18-15-8-9-17(27-2)21(28-3)20(15)22(26)29-18/h4-9,11,18H,10H2,1-3H3,(H,24,25)/t18-/m0/s1. The van der Waals surface area contributed by atoms with Crippen molar-refractivity contribution in [1.29, 1.82) is 0 Å². The second-order valence-corrected chi connectivity index (χ2v) is 7.80. The monoisotopic (exact) mass is 424 g/mol. The fourth-order valence-electron chi connectivity index (χ4n) is 3.43. The highest BCUT2D eigenvalue weighted by atomic mass is 32.1. The van der Waals surface area contributed by atoms with Gasteiger partial charge in [0.1, 0.15) is 11.7 Å². The van der Waals surface area contributed by atoms with Crippen LogP contribution in [0.25, 0.3) is 11.3 Å². The van der Waals surface area contributed by atoms with Crippen molar-refractivity contribution < 1.29 is 23.8 Å². The van der Waals surface area contributed by atoms with Gasteiger partial charge in [-0.05, 0) is 25.1 Å². The smallest absolute Gasteiger partial charge is 0.343 e. The number of benzene rings is 2. The zero-order valence-corrected chi connectivity index (χ0v) is 17.5. The molecule has 1 atom stereocenters. The van der Waals surface area contributed by atoms with Crippen molar-refractivity contribution in [3.63, 3.8) is 0 Å². The van der Waals surface area contributed by atoms with Crippen LogP contribution in [0.3, 0.4) is 0 Å². The Morgan fingerprint density at radius 1 is 1.17 bits per heavy atom. The maximum Gasteiger partial charge on any atom is 0.343 e. The molecule has 0 saturated heterocycles. The average Bonchev–Trinajstić information content (AvgIpc) is 3.31. The molecular weight excluding hydrogens is 404 g/mol. The van der Waals surface area contributed by atoms with Gasteiger partial charge in [0.2, 0.25) is 5.91 Å². The van der Waals surface area contributed by atoms with Gasteiger partial charge in [-0.15, -0.1) is 11.3 Å². The van der Waals surface area contributed by atoms with Crippen LogP contribution in [0.1, 0.15) is 33.5 Å². The molecule has 8 heteroatoms. The lowest BCUT2D eigenvalue weighted by atomic mass is 10.0. The van der Waals surface area contributed by atoms with Gasteiger partial charge in [-0.25, -0.2) is 9.78 Å². The maximum absolute atomic E-state index is 12.6. The number of esters is 1. The number of carbonyl (C=O) groups is 2. The number of hydrogen-bond donors (Lipinski definition) is 1. The first-order chi connectivity index (χ1) is 14.5. The predicted molar refractivity (Wildman–Crippen MR) is 113 cm³/mol. The third-order valence-corrected chi connectivity index (χ3v) is 5.61. The van der Waals surface area contributed by atoms with Gasteiger partial charge in [-0.3, -0.25) is 4.79 Å². The highest BCUT2D eigenvalue weighted by molar-refractivity contribution is 7.09. The van der Waals surface area contributed by atoms with E-state index in [9.17, 15) is 9.59 Å². The SMILES string of the molecule is COc1ccc2c(c1OC)C(=O)O[C@H]2CC(=O)Nc1ccc(-c2csc(C)n2)cc1. The van der Waals surface area contributed by atoms with Crippen LogP contribution >= 0.6 is 11.3 Å². The number of methoxy groups -OCH3 is 2.